The Hall–Kier alpha value is -3.91. The number of carbonyl (C=O) groups is 1. The lowest BCUT2D eigenvalue weighted by molar-refractivity contribution is -0.207. The number of alkyl halides is 4. The number of ketones is 1. The third-order valence-corrected chi connectivity index (χ3v) is 6.43. The van der Waals surface area contributed by atoms with Crippen LogP contribution in [-0.4, -0.2) is 63.4 Å². The van der Waals surface area contributed by atoms with E-state index in [9.17, 15) is 32.3 Å². The molecule has 0 unspecified atom stereocenters. The number of aliphatic hydroxyl groups excluding tert-OH is 1. The Morgan fingerprint density at radius 3 is 2.54 bits per heavy atom. The summed E-state index contributed by atoms with van der Waals surface area (Å²) in [7, 11) is 0. The Labute approximate surface area is 222 Å². The van der Waals surface area contributed by atoms with Crippen molar-refractivity contribution in [2.45, 2.75) is 44.4 Å². The monoisotopic (exact) mass is 565 g/mol. The summed E-state index contributed by atoms with van der Waals surface area (Å²) in [4.78, 5) is 34.1. The number of carbonyl (C=O) groups excluding carboxylic acids is 1. The molecule has 1 fully saturated rings. The molecule has 1 aromatic carbocycles. The van der Waals surface area contributed by atoms with Gasteiger partial charge in [-0.15, -0.1) is 10.2 Å². The Balaban J connectivity index is 1.44. The SMILES string of the molecule is O=C(C[C@H]1C[C@@H]1F)c1cccnc1-n1cnc(Cn2nc(-c3ccc(Cl)cc3)n(C[C@H](O)C(F)(F)F)c2=O)n1. The lowest BCUT2D eigenvalue weighted by Crippen LogP contribution is -2.37. The second-order valence-electron chi connectivity index (χ2n) is 9.06. The summed E-state index contributed by atoms with van der Waals surface area (Å²) in [6.45, 7) is -1.41. The maximum atomic E-state index is 13.3. The van der Waals surface area contributed by atoms with Crippen molar-refractivity contribution in [3.8, 4) is 17.2 Å². The van der Waals surface area contributed by atoms with Crippen LogP contribution in [0.3, 0.4) is 0 Å². The molecule has 39 heavy (non-hydrogen) atoms. The standard InChI is InChI=1S/C24H20ClF4N7O3/c25-15-5-3-13(4-6-15)21-33-35(23(39)34(21)10-19(38)24(27,28)29)11-20-31-12-36(32-20)22-16(2-1-7-30-22)18(37)9-14-8-17(14)26/h1-7,12,14,17,19,38H,8-11H2/t14-,17+,19+/m1/s1. The second kappa shape index (κ2) is 10.3. The second-order valence-corrected chi connectivity index (χ2v) is 9.49. The molecule has 204 valence electrons. The summed E-state index contributed by atoms with van der Waals surface area (Å²) in [6.07, 6.45) is -5.67. The number of aromatic nitrogens is 7. The zero-order valence-corrected chi connectivity index (χ0v) is 20.7. The number of nitrogens with zero attached hydrogens (tertiary/aromatic N) is 7. The molecule has 4 aromatic rings. The Morgan fingerprint density at radius 1 is 1.15 bits per heavy atom. The van der Waals surface area contributed by atoms with Gasteiger partial charge in [-0.3, -0.25) is 9.36 Å². The van der Waals surface area contributed by atoms with Crippen molar-refractivity contribution in [3.05, 3.63) is 75.8 Å². The molecule has 3 aromatic heterocycles. The smallest absolute Gasteiger partial charge is 0.382 e. The lowest BCUT2D eigenvalue weighted by atomic mass is 10.1. The third kappa shape index (κ3) is 5.76. The molecule has 1 aliphatic carbocycles. The molecular weight excluding hydrogens is 546 g/mol. The minimum atomic E-state index is -4.96. The molecule has 1 aliphatic rings. The summed E-state index contributed by atoms with van der Waals surface area (Å²) >= 11 is 5.90. The number of benzene rings is 1. The maximum Gasteiger partial charge on any atom is 0.416 e. The van der Waals surface area contributed by atoms with Crippen LogP contribution >= 0.6 is 11.6 Å². The van der Waals surface area contributed by atoms with Crippen LogP contribution in [0.25, 0.3) is 17.2 Å². The molecule has 15 heteroatoms. The van der Waals surface area contributed by atoms with E-state index in [2.05, 4.69) is 20.2 Å². The van der Waals surface area contributed by atoms with Crippen LogP contribution in [0.15, 0.2) is 53.7 Å². The average molecular weight is 566 g/mol. The normalized spacial score (nSPS) is 17.8. The Morgan fingerprint density at radius 2 is 1.87 bits per heavy atom. The van der Waals surface area contributed by atoms with E-state index in [1.807, 2.05) is 0 Å². The topological polar surface area (TPSA) is 121 Å². The lowest BCUT2D eigenvalue weighted by Gasteiger charge is -2.15. The molecule has 3 atom stereocenters. The molecule has 0 radical (unpaired) electrons. The third-order valence-electron chi connectivity index (χ3n) is 6.18. The molecule has 5 rings (SSSR count). The quantitative estimate of drug-likeness (QED) is 0.244. The van der Waals surface area contributed by atoms with E-state index in [1.54, 1.807) is 6.07 Å². The number of hydrogen-bond donors (Lipinski definition) is 1. The zero-order chi connectivity index (χ0) is 27.9. The summed E-state index contributed by atoms with van der Waals surface area (Å²) in [6, 6.07) is 9.02. The van der Waals surface area contributed by atoms with Gasteiger partial charge in [0, 0.05) is 29.1 Å². The average Bonchev–Trinajstić information content (AvgIpc) is 3.26. The zero-order valence-electron chi connectivity index (χ0n) is 20.0. The van der Waals surface area contributed by atoms with Crippen molar-refractivity contribution in [3.63, 3.8) is 0 Å². The maximum absolute atomic E-state index is 13.3. The number of pyridine rings is 1. The molecule has 0 aliphatic heterocycles. The van der Waals surface area contributed by atoms with Gasteiger partial charge in [0.25, 0.3) is 0 Å². The van der Waals surface area contributed by atoms with Crippen LogP contribution in [0, 0.1) is 5.92 Å². The van der Waals surface area contributed by atoms with E-state index < -0.39 is 30.7 Å². The number of aliphatic hydroxyl groups is 1. The largest absolute Gasteiger partial charge is 0.416 e. The summed E-state index contributed by atoms with van der Waals surface area (Å²) in [5.41, 5.74) is -0.412. The van der Waals surface area contributed by atoms with E-state index in [4.69, 9.17) is 11.6 Å². The van der Waals surface area contributed by atoms with Gasteiger partial charge in [0.05, 0.1) is 12.1 Å². The molecule has 0 spiro atoms. The van der Waals surface area contributed by atoms with Gasteiger partial charge >= 0.3 is 11.9 Å². The van der Waals surface area contributed by atoms with E-state index >= 15 is 0 Å². The highest BCUT2D eigenvalue weighted by atomic mass is 35.5. The minimum absolute atomic E-state index is 0.0332. The summed E-state index contributed by atoms with van der Waals surface area (Å²) < 4.78 is 55.3. The number of rotatable bonds is 9. The predicted octanol–water partition coefficient (Wildman–Crippen LogP) is 3.24. The van der Waals surface area contributed by atoms with Gasteiger partial charge in [-0.05, 0) is 42.8 Å². The molecule has 0 saturated heterocycles. The van der Waals surface area contributed by atoms with Gasteiger partial charge in [-0.1, -0.05) is 11.6 Å². The van der Waals surface area contributed by atoms with Crippen LogP contribution in [0.5, 0.6) is 0 Å². The van der Waals surface area contributed by atoms with Crippen LogP contribution in [-0.2, 0) is 13.1 Å². The van der Waals surface area contributed by atoms with Crippen molar-refractivity contribution < 1.29 is 27.5 Å². The van der Waals surface area contributed by atoms with E-state index in [0.29, 0.717) is 21.6 Å². The molecule has 1 N–H and O–H groups in total. The van der Waals surface area contributed by atoms with Crippen molar-refractivity contribution >= 4 is 17.4 Å². The molecule has 0 bridgehead atoms. The first kappa shape index (κ1) is 26.7. The molecular formula is C24H20ClF4N7O3. The predicted molar refractivity (Wildman–Crippen MR) is 129 cm³/mol. The molecule has 3 heterocycles. The highest BCUT2D eigenvalue weighted by molar-refractivity contribution is 6.30. The molecule has 10 nitrogen and oxygen atoms in total. The molecule has 0 amide bonds. The van der Waals surface area contributed by atoms with Crippen LogP contribution in [0.4, 0.5) is 17.6 Å². The first-order valence-corrected chi connectivity index (χ1v) is 12.1. The fourth-order valence-corrected chi connectivity index (χ4v) is 4.10. The Kier molecular flexibility index (Phi) is 7.07. The van der Waals surface area contributed by atoms with Crippen LogP contribution < -0.4 is 5.69 Å². The first-order valence-electron chi connectivity index (χ1n) is 11.7. The minimum Gasteiger partial charge on any atom is -0.382 e. The summed E-state index contributed by atoms with van der Waals surface area (Å²) in [5, 5.41) is 18.4. The van der Waals surface area contributed by atoms with Gasteiger partial charge in [0.2, 0.25) is 0 Å². The van der Waals surface area contributed by atoms with E-state index in [-0.39, 0.29) is 47.7 Å². The summed E-state index contributed by atoms with van der Waals surface area (Å²) in [5.74, 6) is -0.528. The van der Waals surface area contributed by atoms with Crippen LogP contribution in [0.2, 0.25) is 5.02 Å². The van der Waals surface area contributed by atoms with E-state index in [1.165, 1.54) is 47.5 Å². The van der Waals surface area contributed by atoms with Crippen molar-refractivity contribution in [2.24, 2.45) is 5.92 Å². The first-order chi connectivity index (χ1) is 18.5. The number of hydrogen-bond acceptors (Lipinski definition) is 7. The van der Waals surface area contributed by atoms with Crippen molar-refractivity contribution in [1.29, 1.82) is 0 Å². The Bertz CT molecular complexity index is 1560. The highest BCUT2D eigenvalue weighted by Gasteiger charge is 2.40. The van der Waals surface area contributed by atoms with E-state index in [0.717, 1.165) is 4.68 Å². The van der Waals surface area contributed by atoms with Crippen LogP contribution in [0.1, 0.15) is 29.0 Å². The van der Waals surface area contributed by atoms with Gasteiger partial charge in [-0.25, -0.2) is 28.5 Å². The highest BCUT2D eigenvalue weighted by Crippen LogP contribution is 2.37. The van der Waals surface area contributed by atoms with Gasteiger partial charge in [-0.2, -0.15) is 13.2 Å². The van der Waals surface area contributed by atoms with Gasteiger partial charge in [0.1, 0.15) is 19.0 Å². The number of Topliss-reactive ketones (excluding diaryl/α,β-unsaturated/α-hetero) is 1. The fourth-order valence-electron chi connectivity index (χ4n) is 3.97. The van der Waals surface area contributed by atoms with Gasteiger partial charge < -0.3 is 5.11 Å². The molecule has 1 saturated carbocycles. The number of halogens is 5. The van der Waals surface area contributed by atoms with Gasteiger partial charge in [0.15, 0.2) is 29.4 Å². The fraction of sp³-hybridized carbons (Fsp3) is 0.333. The van der Waals surface area contributed by atoms with Crippen molar-refractivity contribution in [2.75, 3.05) is 0 Å². The van der Waals surface area contributed by atoms with Crippen molar-refractivity contribution in [1.82, 2.24) is 34.1 Å².